The van der Waals surface area contributed by atoms with Crippen LogP contribution in [0.15, 0.2) is 24.3 Å². The molecule has 4 heteroatoms. The molecule has 0 aliphatic carbocycles. The molecule has 1 aromatic carbocycles. The summed E-state index contributed by atoms with van der Waals surface area (Å²) in [6.07, 6.45) is 3.56. The molecule has 0 spiro atoms. The number of nitrogens with one attached hydrogen (secondary N) is 1. The normalized spacial score (nSPS) is 14.5. The number of hydrogen-bond acceptors (Lipinski definition) is 3. The molecule has 112 valence electrons. The Balaban J connectivity index is 1.82. The van der Waals surface area contributed by atoms with Gasteiger partial charge in [0, 0.05) is 12.1 Å². The average molecular weight is 286 g/mol. The maximum absolute atomic E-state index is 12.2. The van der Waals surface area contributed by atoms with Crippen LogP contribution in [0.5, 0.6) is 0 Å². The molecule has 0 aromatic heterocycles. The van der Waals surface area contributed by atoms with Crippen LogP contribution < -0.4 is 5.32 Å². The first-order valence-corrected chi connectivity index (χ1v) is 7.50. The molecule has 1 aromatic rings. The van der Waals surface area contributed by atoms with Crippen molar-refractivity contribution in [2.45, 2.75) is 19.3 Å². The molecule has 1 amide bonds. The lowest BCUT2D eigenvalue weighted by molar-refractivity contribution is 0.0952. The van der Waals surface area contributed by atoms with Crippen LogP contribution in [-0.2, 0) is 0 Å². The van der Waals surface area contributed by atoms with E-state index < -0.39 is 0 Å². The Morgan fingerprint density at radius 2 is 2.05 bits per heavy atom. The molecule has 2 N–H and O–H groups in total. The van der Waals surface area contributed by atoms with Crippen molar-refractivity contribution in [2.24, 2.45) is 0 Å². The molecule has 0 atom stereocenters. The number of rotatable bonds is 5. The van der Waals surface area contributed by atoms with Gasteiger partial charge >= 0.3 is 0 Å². The summed E-state index contributed by atoms with van der Waals surface area (Å²) in [4.78, 5) is 14.6. The van der Waals surface area contributed by atoms with Crippen molar-refractivity contribution in [1.29, 1.82) is 0 Å². The first-order valence-electron chi connectivity index (χ1n) is 7.50. The second-order valence-electron chi connectivity index (χ2n) is 5.16. The smallest absolute Gasteiger partial charge is 0.252 e. The zero-order chi connectivity index (χ0) is 14.9. The molecule has 0 radical (unpaired) electrons. The molecule has 1 aliphatic heterocycles. The summed E-state index contributed by atoms with van der Waals surface area (Å²) in [5.74, 6) is 5.30. The second kappa shape index (κ2) is 8.46. The minimum Gasteiger partial charge on any atom is -0.384 e. The number of hydrogen-bond donors (Lipinski definition) is 2. The first kappa shape index (κ1) is 15.6. The second-order valence-corrected chi connectivity index (χ2v) is 5.16. The fraction of sp³-hybridized carbons (Fsp3) is 0.471. The Labute approximate surface area is 126 Å². The summed E-state index contributed by atoms with van der Waals surface area (Å²) in [6, 6.07) is 7.22. The van der Waals surface area contributed by atoms with Crippen LogP contribution in [0.25, 0.3) is 0 Å². The number of benzene rings is 1. The minimum atomic E-state index is -0.203. The van der Waals surface area contributed by atoms with Gasteiger partial charge in [0.05, 0.1) is 5.56 Å². The van der Waals surface area contributed by atoms with E-state index in [1.165, 1.54) is 25.9 Å². The van der Waals surface area contributed by atoms with Crippen molar-refractivity contribution in [3.63, 3.8) is 0 Å². The Kier molecular flexibility index (Phi) is 6.26. The molecule has 1 saturated heterocycles. The first-order chi connectivity index (χ1) is 10.3. The summed E-state index contributed by atoms with van der Waals surface area (Å²) < 4.78 is 0. The number of likely N-dealkylation sites (tertiary alicyclic amines) is 1. The lowest BCUT2D eigenvalue weighted by atomic mass is 10.1. The Morgan fingerprint density at radius 3 is 2.81 bits per heavy atom. The third kappa shape index (κ3) is 4.89. The molecule has 2 rings (SSSR count). The van der Waals surface area contributed by atoms with Gasteiger partial charge in [0.2, 0.25) is 0 Å². The molecule has 1 heterocycles. The van der Waals surface area contributed by atoms with Crippen molar-refractivity contribution in [2.75, 3.05) is 32.8 Å². The Morgan fingerprint density at radius 1 is 1.29 bits per heavy atom. The maximum Gasteiger partial charge on any atom is 0.252 e. The number of nitrogens with zero attached hydrogens (tertiary/aromatic N) is 1. The van der Waals surface area contributed by atoms with Gasteiger partial charge in [-0.05, 0) is 51.0 Å². The number of aliphatic hydroxyl groups is 1. The van der Waals surface area contributed by atoms with Gasteiger partial charge in [-0.1, -0.05) is 24.0 Å². The summed E-state index contributed by atoms with van der Waals surface area (Å²) in [7, 11) is 0. The average Bonchev–Trinajstić information content (AvgIpc) is 3.03. The van der Waals surface area contributed by atoms with Crippen LogP contribution in [0.3, 0.4) is 0 Å². The van der Waals surface area contributed by atoms with Crippen molar-refractivity contribution >= 4 is 5.91 Å². The number of carbonyl (C=O) groups is 1. The highest BCUT2D eigenvalue weighted by Gasteiger charge is 2.12. The van der Waals surface area contributed by atoms with E-state index in [-0.39, 0.29) is 12.5 Å². The lowest BCUT2D eigenvalue weighted by Crippen LogP contribution is -2.29. The topological polar surface area (TPSA) is 52.6 Å². The van der Waals surface area contributed by atoms with Crippen LogP contribution in [0.2, 0.25) is 0 Å². The van der Waals surface area contributed by atoms with Crippen molar-refractivity contribution in [3.05, 3.63) is 35.4 Å². The van der Waals surface area contributed by atoms with Crippen LogP contribution in [0, 0.1) is 11.8 Å². The highest BCUT2D eigenvalue weighted by Crippen LogP contribution is 2.08. The third-order valence-electron chi connectivity index (χ3n) is 3.61. The van der Waals surface area contributed by atoms with Gasteiger partial charge in [0.25, 0.3) is 5.91 Å². The molecule has 0 unspecified atom stereocenters. The van der Waals surface area contributed by atoms with Crippen LogP contribution in [0.4, 0.5) is 0 Å². The standard InChI is InChI=1S/C17H22N2O2/c20-14-5-8-15-7-1-2-9-16(15)17(21)18-10-6-13-19-11-3-4-12-19/h1-2,7,9,20H,3-4,6,10-14H2,(H,18,21). The number of amides is 1. The third-order valence-corrected chi connectivity index (χ3v) is 3.61. The van der Waals surface area contributed by atoms with Gasteiger partial charge in [-0.3, -0.25) is 4.79 Å². The molecule has 1 aliphatic rings. The van der Waals surface area contributed by atoms with E-state index in [0.29, 0.717) is 17.7 Å². The van der Waals surface area contributed by atoms with Gasteiger partial charge in [-0.2, -0.15) is 0 Å². The van der Waals surface area contributed by atoms with Gasteiger partial charge < -0.3 is 15.3 Å². The molecular formula is C17H22N2O2. The summed E-state index contributed by atoms with van der Waals surface area (Å²) in [5, 5.41) is 11.7. The van der Waals surface area contributed by atoms with E-state index in [1.54, 1.807) is 12.1 Å². The van der Waals surface area contributed by atoms with E-state index in [0.717, 1.165) is 13.0 Å². The van der Waals surface area contributed by atoms with Crippen molar-refractivity contribution < 1.29 is 9.90 Å². The molecule has 1 fully saturated rings. The van der Waals surface area contributed by atoms with E-state index in [4.69, 9.17) is 5.11 Å². The van der Waals surface area contributed by atoms with Gasteiger partial charge in [-0.15, -0.1) is 0 Å². The minimum absolute atomic E-state index is 0.0979. The van der Waals surface area contributed by atoms with Crippen molar-refractivity contribution in [3.8, 4) is 11.8 Å². The van der Waals surface area contributed by atoms with Crippen molar-refractivity contribution in [1.82, 2.24) is 10.2 Å². The van der Waals surface area contributed by atoms with Gasteiger partial charge in [0.1, 0.15) is 6.61 Å². The fourth-order valence-corrected chi connectivity index (χ4v) is 2.53. The number of carbonyl (C=O) groups excluding carboxylic acids is 1. The maximum atomic E-state index is 12.2. The summed E-state index contributed by atoms with van der Waals surface area (Å²) in [5.41, 5.74) is 1.23. The molecule has 0 saturated carbocycles. The summed E-state index contributed by atoms with van der Waals surface area (Å²) in [6.45, 7) is 3.90. The molecule has 21 heavy (non-hydrogen) atoms. The van der Waals surface area contributed by atoms with E-state index in [9.17, 15) is 4.79 Å². The highest BCUT2D eigenvalue weighted by atomic mass is 16.2. The van der Waals surface area contributed by atoms with Crippen LogP contribution in [0.1, 0.15) is 35.2 Å². The predicted molar refractivity (Wildman–Crippen MR) is 83.0 cm³/mol. The Bertz CT molecular complexity index is 525. The van der Waals surface area contributed by atoms with Gasteiger partial charge in [-0.25, -0.2) is 0 Å². The summed E-state index contributed by atoms with van der Waals surface area (Å²) >= 11 is 0. The number of aliphatic hydroxyl groups excluding tert-OH is 1. The fourth-order valence-electron chi connectivity index (χ4n) is 2.53. The lowest BCUT2D eigenvalue weighted by Gasteiger charge is -2.14. The monoisotopic (exact) mass is 286 g/mol. The van der Waals surface area contributed by atoms with E-state index in [1.807, 2.05) is 12.1 Å². The zero-order valence-corrected chi connectivity index (χ0v) is 12.3. The molecule has 4 nitrogen and oxygen atoms in total. The van der Waals surface area contributed by atoms with Gasteiger partial charge in [0.15, 0.2) is 0 Å². The van der Waals surface area contributed by atoms with E-state index in [2.05, 4.69) is 22.1 Å². The largest absolute Gasteiger partial charge is 0.384 e. The predicted octanol–water partition coefficient (Wildman–Crippen LogP) is 1.25. The zero-order valence-electron chi connectivity index (χ0n) is 12.3. The quantitative estimate of drug-likeness (QED) is 0.632. The van der Waals surface area contributed by atoms with Crippen LogP contribution in [-0.4, -0.2) is 48.7 Å². The van der Waals surface area contributed by atoms with Crippen LogP contribution >= 0.6 is 0 Å². The highest BCUT2D eigenvalue weighted by molar-refractivity contribution is 5.96. The molecular weight excluding hydrogens is 264 g/mol. The van der Waals surface area contributed by atoms with E-state index >= 15 is 0 Å². The SMILES string of the molecule is O=C(NCCCN1CCCC1)c1ccccc1C#CCO. The Hall–Kier alpha value is -1.83. The molecule has 0 bridgehead atoms.